The number of rotatable bonds is 9. The zero-order valence-corrected chi connectivity index (χ0v) is 18.2. The summed E-state index contributed by atoms with van der Waals surface area (Å²) in [5.74, 6) is 0.489. The molecule has 1 saturated heterocycles. The van der Waals surface area contributed by atoms with Gasteiger partial charge in [-0.25, -0.2) is 4.79 Å². The number of amides is 3. The van der Waals surface area contributed by atoms with E-state index in [0.29, 0.717) is 30.7 Å². The zero-order chi connectivity index (χ0) is 22.1. The van der Waals surface area contributed by atoms with Crippen LogP contribution in [0.3, 0.4) is 0 Å². The Labute approximate surface area is 183 Å². The first kappa shape index (κ1) is 22.8. The minimum absolute atomic E-state index is 0.202. The van der Waals surface area contributed by atoms with Crippen molar-refractivity contribution in [3.05, 3.63) is 54.0 Å². The van der Waals surface area contributed by atoms with E-state index < -0.39 is 0 Å². The second kappa shape index (κ2) is 11.5. The highest BCUT2D eigenvalue weighted by Gasteiger charge is 2.22. The van der Waals surface area contributed by atoms with Gasteiger partial charge in [-0.2, -0.15) is 0 Å². The largest absolute Gasteiger partial charge is 0.459 e. The fourth-order valence-electron chi connectivity index (χ4n) is 3.66. The van der Waals surface area contributed by atoms with Gasteiger partial charge in [0.25, 0.3) is 5.91 Å². The topological polar surface area (TPSA) is 95.8 Å². The van der Waals surface area contributed by atoms with Gasteiger partial charge in [-0.1, -0.05) is 26.0 Å². The third-order valence-corrected chi connectivity index (χ3v) is 5.19. The van der Waals surface area contributed by atoms with Gasteiger partial charge in [-0.3, -0.25) is 9.69 Å². The molecule has 1 aromatic carbocycles. The Morgan fingerprint density at radius 3 is 2.61 bits per heavy atom. The molecule has 1 fully saturated rings. The zero-order valence-electron chi connectivity index (χ0n) is 18.2. The maximum Gasteiger partial charge on any atom is 0.315 e. The monoisotopic (exact) mass is 428 g/mol. The van der Waals surface area contributed by atoms with Crippen molar-refractivity contribution in [3.8, 4) is 0 Å². The van der Waals surface area contributed by atoms with Crippen LogP contribution >= 0.6 is 0 Å². The van der Waals surface area contributed by atoms with Crippen LogP contribution < -0.4 is 16.0 Å². The van der Waals surface area contributed by atoms with Gasteiger partial charge in [0.2, 0.25) is 0 Å². The van der Waals surface area contributed by atoms with E-state index in [9.17, 15) is 9.59 Å². The predicted molar refractivity (Wildman–Crippen MR) is 119 cm³/mol. The number of anilines is 1. The average Bonchev–Trinajstić information content (AvgIpc) is 3.31. The molecule has 2 aromatic rings. The summed E-state index contributed by atoms with van der Waals surface area (Å²) in [6.45, 7) is 8.65. The Bertz CT molecular complexity index is 832. The number of ether oxygens (including phenoxy) is 1. The van der Waals surface area contributed by atoms with E-state index in [0.717, 1.165) is 38.3 Å². The van der Waals surface area contributed by atoms with Crippen molar-refractivity contribution in [2.45, 2.75) is 32.9 Å². The van der Waals surface area contributed by atoms with Crippen molar-refractivity contribution in [3.63, 3.8) is 0 Å². The molecular formula is C23H32N4O4. The SMILES string of the molecule is CC(C)C[C@@H](CNC(=O)NCc1cccc(NC(=O)c2ccco2)c1)N1CCOCC1. The standard InChI is InChI=1S/C23H32N4O4/c1-17(2)13-20(27-8-11-30-12-9-27)16-25-23(29)24-15-18-5-3-6-19(14-18)26-22(28)21-7-4-10-31-21/h3-7,10,14,17,20H,8-9,11-13,15-16H2,1-2H3,(H,26,28)(H2,24,25,29)/t20-/m0/s1. The maximum absolute atomic E-state index is 12.4. The first-order chi connectivity index (χ1) is 15.0. The van der Waals surface area contributed by atoms with Crippen LogP contribution in [-0.4, -0.2) is 55.7 Å². The van der Waals surface area contributed by atoms with E-state index in [4.69, 9.17) is 9.15 Å². The second-order valence-corrected chi connectivity index (χ2v) is 8.13. The van der Waals surface area contributed by atoms with Crippen molar-refractivity contribution in [1.82, 2.24) is 15.5 Å². The van der Waals surface area contributed by atoms with Gasteiger partial charge in [0.05, 0.1) is 19.5 Å². The lowest BCUT2D eigenvalue weighted by atomic mass is 10.0. The molecule has 0 spiro atoms. The molecule has 0 unspecified atom stereocenters. The van der Waals surface area contributed by atoms with Crippen LogP contribution in [0.25, 0.3) is 0 Å². The molecule has 3 amide bonds. The lowest BCUT2D eigenvalue weighted by molar-refractivity contribution is 0.0129. The minimum Gasteiger partial charge on any atom is -0.459 e. The Morgan fingerprint density at radius 2 is 1.90 bits per heavy atom. The number of nitrogens with one attached hydrogen (secondary N) is 3. The Morgan fingerprint density at radius 1 is 1.10 bits per heavy atom. The fraction of sp³-hybridized carbons (Fsp3) is 0.478. The lowest BCUT2D eigenvalue weighted by Gasteiger charge is -2.35. The molecule has 0 saturated carbocycles. The fourth-order valence-corrected chi connectivity index (χ4v) is 3.66. The minimum atomic E-state index is -0.313. The second-order valence-electron chi connectivity index (χ2n) is 8.13. The number of nitrogens with zero attached hydrogens (tertiary/aromatic N) is 1. The van der Waals surface area contributed by atoms with Crippen LogP contribution in [0, 0.1) is 5.92 Å². The molecule has 0 radical (unpaired) electrons. The first-order valence-corrected chi connectivity index (χ1v) is 10.8. The van der Waals surface area contributed by atoms with Gasteiger partial charge in [0, 0.05) is 37.9 Å². The summed E-state index contributed by atoms with van der Waals surface area (Å²) in [7, 11) is 0. The number of morpholine rings is 1. The Balaban J connectivity index is 1.46. The molecule has 1 aliphatic heterocycles. The molecule has 3 rings (SSSR count). The van der Waals surface area contributed by atoms with Gasteiger partial charge >= 0.3 is 6.03 Å². The van der Waals surface area contributed by atoms with E-state index in [1.54, 1.807) is 18.2 Å². The van der Waals surface area contributed by atoms with Gasteiger partial charge in [0.1, 0.15) is 0 Å². The van der Waals surface area contributed by atoms with Crippen molar-refractivity contribution in [1.29, 1.82) is 0 Å². The van der Waals surface area contributed by atoms with E-state index in [1.165, 1.54) is 6.26 Å². The number of furan rings is 1. The number of hydrogen-bond donors (Lipinski definition) is 3. The Kier molecular flexibility index (Phi) is 8.49. The summed E-state index contributed by atoms with van der Waals surface area (Å²) in [5.41, 5.74) is 1.53. The van der Waals surface area contributed by atoms with E-state index in [2.05, 4.69) is 34.7 Å². The summed E-state index contributed by atoms with van der Waals surface area (Å²) < 4.78 is 10.6. The summed E-state index contributed by atoms with van der Waals surface area (Å²) in [5, 5.41) is 8.69. The number of hydrogen-bond acceptors (Lipinski definition) is 5. The molecule has 31 heavy (non-hydrogen) atoms. The number of benzene rings is 1. The van der Waals surface area contributed by atoms with Crippen molar-refractivity contribution in [2.75, 3.05) is 38.2 Å². The van der Waals surface area contributed by atoms with Gasteiger partial charge < -0.3 is 25.1 Å². The molecule has 0 bridgehead atoms. The smallest absolute Gasteiger partial charge is 0.315 e. The van der Waals surface area contributed by atoms with E-state index in [-0.39, 0.29) is 17.7 Å². The number of urea groups is 1. The third kappa shape index (κ3) is 7.41. The van der Waals surface area contributed by atoms with Crippen LogP contribution in [0.5, 0.6) is 0 Å². The van der Waals surface area contributed by atoms with Gasteiger partial charge in [-0.05, 0) is 42.2 Å². The van der Waals surface area contributed by atoms with Crippen molar-refractivity contribution < 1.29 is 18.7 Å². The molecule has 0 aliphatic carbocycles. The maximum atomic E-state index is 12.4. The highest BCUT2D eigenvalue weighted by molar-refractivity contribution is 6.02. The highest BCUT2D eigenvalue weighted by Crippen LogP contribution is 2.14. The molecule has 2 heterocycles. The summed E-state index contributed by atoms with van der Waals surface area (Å²) >= 11 is 0. The molecule has 168 valence electrons. The van der Waals surface area contributed by atoms with Gasteiger partial charge in [-0.15, -0.1) is 0 Å². The van der Waals surface area contributed by atoms with Crippen LogP contribution in [0.4, 0.5) is 10.5 Å². The molecule has 1 aromatic heterocycles. The van der Waals surface area contributed by atoms with Gasteiger partial charge in [0.15, 0.2) is 5.76 Å². The van der Waals surface area contributed by atoms with Crippen LogP contribution in [0.15, 0.2) is 47.1 Å². The van der Waals surface area contributed by atoms with Crippen LogP contribution in [-0.2, 0) is 11.3 Å². The summed E-state index contributed by atoms with van der Waals surface area (Å²) in [4.78, 5) is 26.9. The van der Waals surface area contributed by atoms with E-state index in [1.807, 2.05) is 18.2 Å². The molecule has 8 nitrogen and oxygen atoms in total. The summed E-state index contributed by atoms with van der Waals surface area (Å²) in [6, 6.07) is 10.7. The predicted octanol–water partition coefficient (Wildman–Crippen LogP) is 3.08. The van der Waals surface area contributed by atoms with E-state index >= 15 is 0 Å². The molecule has 3 N–H and O–H groups in total. The first-order valence-electron chi connectivity index (χ1n) is 10.8. The summed E-state index contributed by atoms with van der Waals surface area (Å²) in [6.07, 6.45) is 2.48. The molecule has 1 atom stereocenters. The molecule has 1 aliphatic rings. The van der Waals surface area contributed by atoms with Crippen molar-refractivity contribution >= 4 is 17.6 Å². The quantitative estimate of drug-likeness (QED) is 0.570. The third-order valence-electron chi connectivity index (χ3n) is 5.19. The van der Waals surface area contributed by atoms with Crippen LogP contribution in [0.2, 0.25) is 0 Å². The Hall–Kier alpha value is -2.84. The average molecular weight is 429 g/mol. The van der Waals surface area contributed by atoms with Crippen LogP contribution in [0.1, 0.15) is 36.4 Å². The molecular weight excluding hydrogens is 396 g/mol. The van der Waals surface area contributed by atoms with Crippen molar-refractivity contribution in [2.24, 2.45) is 5.92 Å². The molecule has 8 heteroatoms. The normalized spacial score (nSPS) is 15.5. The lowest BCUT2D eigenvalue weighted by Crippen LogP contribution is -2.50. The number of carbonyl (C=O) groups excluding carboxylic acids is 2. The number of carbonyl (C=O) groups is 2. The highest BCUT2D eigenvalue weighted by atomic mass is 16.5.